The summed E-state index contributed by atoms with van der Waals surface area (Å²) in [5, 5.41) is 2.81. The van der Waals surface area contributed by atoms with Gasteiger partial charge in [0.15, 0.2) is 0 Å². The van der Waals surface area contributed by atoms with Gasteiger partial charge in [-0.25, -0.2) is 0 Å². The van der Waals surface area contributed by atoms with Crippen LogP contribution in [0.5, 0.6) is 6.01 Å². The predicted molar refractivity (Wildman–Crippen MR) is 67.1 cm³/mol. The third kappa shape index (κ3) is 2.81. The Bertz CT molecular complexity index is 446. The van der Waals surface area contributed by atoms with Gasteiger partial charge in [0.25, 0.3) is 0 Å². The molecule has 1 aromatic rings. The third-order valence-corrected chi connectivity index (χ3v) is 2.72. The van der Waals surface area contributed by atoms with Crippen LogP contribution in [0, 0.1) is 0 Å². The van der Waals surface area contributed by atoms with E-state index in [-0.39, 0.29) is 12.6 Å². The van der Waals surface area contributed by atoms with Gasteiger partial charge in [-0.3, -0.25) is 4.79 Å². The lowest BCUT2D eigenvalue weighted by atomic mass is 10.2. The number of hydrogen-bond donors (Lipinski definition) is 2. The van der Waals surface area contributed by atoms with Crippen molar-refractivity contribution in [2.45, 2.75) is 6.04 Å². The molecule has 1 aliphatic rings. The number of carbonyl (C=O) groups is 1. The van der Waals surface area contributed by atoms with Gasteiger partial charge in [-0.05, 0) is 0 Å². The highest BCUT2D eigenvalue weighted by Gasteiger charge is 2.30. The minimum atomic E-state index is -0.592. The molecule has 2 heterocycles. The van der Waals surface area contributed by atoms with Crippen molar-refractivity contribution >= 4 is 17.8 Å². The highest BCUT2D eigenvalue weighted by atomic mass is 16.5. The van der Waals surface area contributed by atoms with E-state index in [0.717, 1.165) is 0 Å². The molecule has 19 heavy (non-hydrogen) atoms. The van der Waals surface area contributed by atoms with Gasteiger partial charge in [-0.15, -0.1) is 0 Å². The highest BCUT2D eigenvalue weighted by Crippen LogP contribution is 2.18. The SMILES string of the molecule is CNc1nc(OC)nc(N2CCOCC2C(N)=O)n1. The monoisotopic (exact) mass is 268 g/mol. The zero-order valence-electron chi connectivity index (χ0n) is 10.8. The summed E-state index contributed by atoms with van der Waals surface area (Å²) in [4.78, 5) is 25.5. The van der Waals surface area contributed by atoms with E-state index in [2.05, 4.69) is 20.3 Å². The van der Waals surface area contributed by atoms with Crippen LogP contribution in [0.15, 0.2) is 0 Å². The Morgan fingerprint density at radius 1 is 1.53 bits per heavy atom. The molecule has 9 heteroatoms. The van der Waals surface area contributed by atoms with Crippen molar-refractivity contribution < 1.29 is 14.3 Å². The van der Waals surface area contributed by atoms with E-state index in [4.69, 9.17) is 15.2 Å². The number of carbonyl (C=O) groups excluding carboxylic acids is 1. The quantitative estimate of drug-likeness (QED) is 0.686. The fraction of sp³-hybridized carbons (Fsp3) is 0.600. The van der Waals surface area contributed by atoms with Crippen molar-refractivity contribution in [3.05, 3.63) is 0 Å². The summed E-state index contributed by atoms with van der Waals surface area (Å²) < 4.78 is 10.3. The van der Waals surface area contributed by atoms with Crippen LogP contribution in [0.25, 0.3) is 0 Å². The van der Waals surface area contributed by atoms with Gasteiger partial charge in [-0.1, -0.05) is 0 Å². The van der Waals surface area contributed by atoms with E-state index >= 15 is 0 Å². The molecule has 0 aromatic carbocycles. The van der Waals surface area contributed by atoms with Crippen molar-refractivity contribution in [3.8, 4) is 6.01 Å². The molecular weight excluding hydrogens is 252 g/mol. The zero-order valence-corrected chi connectivity index (χ0v) is 10.8. The van der Waals surface area contributed by atoms with Gasteiger partial charge >= 0.3 is 6.01 Å². The Hall–Kier alpha value is -2.16. The minimum Gasteiger partial charge on any atom is -0.467 e. The number of methoxy groups -OCH3 is 1. The van der Waals surface area contributed by atoms with E-state index in [1.54, 1.807) is 11.9 Å². The van der Waals surface area contributed by atoms with Crippen molar-refractivity contribution in [2.75, 3.05) is 44.1 Å². The number of nitrogens with two attached hydrogens (primary N) is 1. The van der Waals surface area contributed by atoms with Crippen LogP contribution >= 0.6 is 0 Å². The van der Waals surface area contributed by atoms with Crippen LogP contribution in [0.1, 0.15) is 0 Å². The Labute approximate surface area is 110 Å². The third-order valence-electron chi connectivity index (χ3n) is 2.72. The van der Waals surface area contributed by atoms with E-state index in [0.29, 0.717) is 25.0 Å². The molecule has 0 spiro atoms. The molecule has 0 saturated carbocycles. The number of amides is 1. The lowest BCUT2D eigenvalue weighted by Gasteiger charge is -2.33. The molecule has 1 atom stereocenters. The lowest BCUT2D eigenvalue weighted by Crippen LogP contribution is -2.53. The zero-order chi connectivity index (χ0) is 13.8. The lowest BCUT2D eigenvalue weighted by molar-refractivity contribution is -0.121. The van der Waals surface area contributed by atoms with Gasteiger partial charge in [0.1, 0.15) is 6.04 Å². The van der Waals surface area contributed by atoms with Gasteiger partial charge in [0.05, 0.1) is 20.3 Å². The summed E-state index contributed by atoms with van der Waals surface area (Å²) >= 11 is 0. The fourth-order valence-corrected chi connectivity index (χ4v) is 1.76. The fourth-order valence-electron chi connectivity index (χ4n) is 1.76. The molecule has 1 aromatic heterocycles. The maximum atomic E-state index is 11.4. The summed E-state index contributed by atoms with van der Waals surface area (Å²) in [5.74, 6) is 0.213. The van der Waals surface area contributed by atoms with Crippen LogP contribution in [0.4, 0.5) is 11.9 Å². The number of morpholine rings is 1. The molecule has 3 N–H and O–H groups in total. The number of nitrogens with one attached hydrogen (secondary N) is 1. The first-order valence-electron chi connectivity index (χ1n) is 5.77. The van der Waals surface area contributed by atoms with Crippen molar-refractivity contribution in [3.63, 3.8) is 0 Å². The van der Waals surface area contributed by atoms with E-state index < -0.39 is 11.9 Å². The summed E-state index contributed by atoms with van der Waals surface area (Å²) in [6.07, 6.45) is 0. The number of ether oxygens (including phenoxy) is 2. The van der Waals surface area contributed by atoms with Crippen LogP contribution in [0.3, 0.4) is 0 Å². The minimum absolute atomic E-state index is 0.170. The Morgan fingerprint density at radius 3 is 2.95 bits per heavy atom. The smallest absolute Gasteiger partial charge is 0.322 e. The summed E-state index contributed by atoms with van der Waals surface area (Å²) in [7, 11) is 3.15. The number of aromatic nitrogens is 3. The van der Waals surface area contributed by atoms with Gasteiger partial charge < -0.3 is 25.4 Å². The maximum Gasteiger partial charge on any atom is 0.322 e. The summed E-state index contributed by atoms with van der Waals surface area (Å²) in [5.41, 5.74) is 5.36. The Balaban J connectivity index is 2.35. The van der Waals surface area contributed by atoms with Crippen molar-refractivity contribution in [1.29, 1.82) is 0 Å². The summed E-state index contributed by atoms with van der Waals surface area (Å²) in [6.45, 7) is 1.18. The first-order chi connectivity index (χ1) is 9.15. The molecule has 1 aliphatic heterocycles. The number of rotatable bonds is 4. The first-order valence-corrected chi connectivity index (χ1v) is 5.77. The molecular formula is C10H16N6O3. The van der Waals surface area contributed by atoms with Gasteiger partial charge in [0.2, 0.25) is 17.8 Å². The molecule has 1 saturated heterocycles. The molecule has 9 nitrogen and oxygen atoms in total. The van der Waals surface area contributed by atoms with E-state index in [1.807, 2.05) is 0 Å². The number of nitrogens with zero attached hydrogens (tertiary/aromatic N) is 4. The molecule has 1 fully saturated rings. The van der Waals surface area contributed by atoms with E-state index in [1.165, 1.54) is 7.11 Å². The second-order valence-corrected chi connectivity index (χ2v) is 3.88. The molecule has 0 bridgehead atoms. The molecule has 2 rings (SSSR count). The molecule has 0 aliphatic carbocycles. The van der Waals surface area contributed by atoms with Crippen molar-refractivity contribution in [1.82, 2.24) is 15.0 Å². The van der Waals surface area contributed by atoms with E-state index in [9.17, 15) is 4.79 Å². The number of primary amides is 1. The van der Waals surface area contributed by atoms with Gasteiger partial charge in [0, 0.05) is 13.6 Å². The maximum absolute atomic E-state index is 11.4. The van der Waals surface area contributed by atoms with Crippen LogP contribution in [0.2, 0.25) is 0 Å². The largest absolute Gasteiger partial charge is 0.467 e. The second-order valence-electron chi connectivity index (χ2n) is 3.88. The number of hydrogen-bond acceptors (Lipinski definition) is 8. The Kier molecular flexibility index (Phi) is 3.95. The number of anilines is 2. The highest BCUT2D eigenvalue weighted by molar-refractivity contribution is 5.83. The van der Waals surface area contributed by atoms with Gasteiger partial charge in [-0.2, -0.15) is 15.0 Å². The van der Waals surface area contributed by atoms with Crippen LogP contribution in [-0.4, -0.2) is 60.8 Å². The molecule has 1 unspecified atom stereocenters. The molecule has 104 valence electrons. The molecule has 1 amide bonds. The van der Waals surface area contributed by atoms with Crippen LogP contribution in [-0.2, 0) is 9.53 Å². The average molecular weight is 268 g/mol. The topological polar surface area (TPSA) is 115 Å². The molecule has 0 radical (unpaired) electrons. The standard InChI is InChI=1S/C10H16N6O3/c1-12-8-13-9(15-10(14-8)18-2)16-3-4-19-5-6(16)7(11)17/h6H,3-5H2,1-2H3,(H2,11,17)(H,12,13,14,15). The van der Waals surface area contributed by atoms with Crippen molar-refractivity contribution in [2.24, 2.45) is 5.73 Å². The average Bonchev–Trinajstić information content (AvgIpc) is 2.46. The Morgan fingerprint density at radius 2 is 2.32 bits per heavy atom. The predicted octanol–water partition coefficient (Wildman–Crippen LogP) is -1.39. The second kappa shape index (κ2) is 5.65. The normalized spacial score (nSPS) is 19.1. The summed E-state index contributed by atoms with van der Waals surface area (Å²) in [6, 6.07) is -0.422. The first kappa shape index (κ1) is 13.3. The van der Waals surface area contributed by atoms with Crippen LogP contribution < -0.4 is 20.7 Å².